The lowest BCUT2D eigenvalue weighted by Gasteiger charge is -2.37. The summed E-state index contributed by atoms with van der Waals surface area (Å²) in [5, 5.41) is 0. The Bertz CT molecular complexity index is 590. The van der Waals surface area contributed by atoms with Crippen molar-refractivity contribution in [2.75, 3.05) is 0 Å². The van der Waals surface area contributed by atoms with E-state index in [1.807, 2.05) is 0 Å². The zero-order valence-electron chi connectivity index (χ0n) is 16.9. The van der Waals surface area contributed by atoms with Crippen LogP contribution in [-0.4, -0.2) is 0 Å². The zero-order valence-corrected chi connectivity index (χ0v) is 16.9. The molecule has 2 aliphatic carbocycles. The first-order valence-electron chi connectivity index (χ1n) is 11.3. The average Bonchev–Trinajstić information content (AvgIpc) is 2.71. The number of hydrogen-bond acceptors (Lipinski definition) is 0. The van der Waals surface area contributed by atoms with Gasteiger partial charge >= 0.3 is 0 Å². The number of halogens is 2. The number of hydrogen-bond donors (Lipinski definition) is 0. The van der Waals surface area contributed by atoms with Crippen molar-refractivity contribution < 1.29 is 8.78 Å². The van der Waals surface area contributed by atoms with Crippen molar-refractivity contribution in [3.8, 4) is 0 Å². The maximum atomic E-state index is 13.5. The van der Waals surface area contributed by atoms with Crippen molar-refractivity contribution in [1.82, 2.24) is 0 Å². The second-order valence-corrected chi connectivity index (χ2v) is 8.88. The molecule has 0 aliphatic heterocycles. The molecule has 27 heavy (non-hydrogen) atoms. The largest absolute Gasteiger partial charge is 0.204 e. The van der Waals surface area contributed by atoms with Crippen LogP contribution in [0.25, 0.3) is 0 Å². The Kier molecular flexibility index (Phi) is 7.91. The fourth-order valence-corrected chi connectivity index (χ4v) is 5.30. The highest BCUT2D eigenvalue weighted by molar-refractivity contribution is 5.22. The van der Waals surface area contributed by atoms with Crippen LogP contribution in [-0.2, 0) is 0 Å². The van der Waals surface area contributed by atoms with Crippen molar-refractivity contribution in [2.24, 2.45) is 17.8 Å². The molecule has 0 atom stereocenters. The van der Waals surface area contributed by atoms with Crippen molar-refractivity contribution in [3.05, 3.63) is 47.5 Å². The molecule has 0 aromatic heterocycles. The van der Waals surface area contributed by atoms with Crippen LogP contribution in [0.3, 0.4) is 0 Å². The summed E-state index contributed by atoms with van der Waals surface area (Å²) < 4.78 is 26.7. The summed E-state index contributed by atoms with van der Waals surface area (Å²) in [6.07, 6.45) is 20.4. The molecule has 2 fully saturated rings. The average molecular weight is 375 g/mol. The van der Waals surface area contributed by atoms with Gasteiger partial charge in [-0.2, -0.15) is 0 Å². The van der Waals surface area contributed by atoms with E-state index in [0.29, 0.717) is 5.92 Å². The van der Waals surface area contributed by atoms with Gasteiger partial charge in [-0.3, -0.25) is 0 Å². The lowest BCUT2D eigenvalue weighted by Crippen LogP contribution is -2.25. The highest BCUT2D eigenvalue weighted by atomic mass is 19.2. The minimum Gasteiger partial charge on any atom is -0.204 e. The molecular weight excluding hydrogens is 338 g/mol. The predicted octanol–water partition coefficient (Wildman–Crippen LogP) is 8.18. The van der Waals surface area contributed by atoms with Gasteiger partial charge in [0.1, 0.15) is 0 Å². The summed E-state index contributed by atoms with van der Waals surface area (Å²) in [6.45, 7) is 2.26. The van der Waals surface area contributed by atoms with Crippen LogP contribution < -0.4 is 0 Å². The van der Waals surface area contributed by atoms with Crippen LogP contribution in [0.2, 0.25) is 0 Å². The molecule has 2 aliphatic rings. The summed E-state index contributed by atoms with van der Waals surface area (Å²) in [5.74, 6) is 1.53. The molecule has 3 rings (SSSR count). The van der Waals surface area contributed by atoms with Gasteiger partial charge in [0.15, 0.2) is 11.6 Å². The Hall–Kier alpha value is -1.18. The van der Waals surface area contributed by atoms with Crippen LogP contribution in [0.4, 0.5) is 8.78 Å². The van der Waals surface area contributed by atoms with Crippen LogP contribution in [0.5, 0.6) is 0 Å². The Morgan fingerprint density at radius 2 is 1.52 bits per heavy atom. The Labute approximate surface area is 164 Å². The van der Waals surface area contributed by atoms with Crippen molar-refractivity contribution >= 4 is 0 Å². The lowest BCUT2D eigenvalue weighted by molar-refractivity contribution is 0.171. The molecule has 150 valence electrons. The van der Waals surface area contributed by atoms with Gasteiger partial charge in [-0.1, -0.05) is 38.0 Å². The lowest BCUT2D eigenvalue weighted by atomic mass is 9.68. The monoisotopic (exact) mass is 374 g/mol. The molecule has 0 N–H and O–H groups in total. The minimum atomic E-state index is -0.733. The highest BCUT2D eigenvalue weighted by Gasteiger charge is 2.30. The SMILES string of the molecule is CCCCCC=CC1CCC(C2CCC(c3ccc(F)c(F)c3)CC2)CC1. The van der Waals surface area contributed by atoms with Gasteiger partial charge in [-0.25, -0.2) is 8.78 Å². The van der Waals surface area contributed by atoms with E-state index >= 15 is 0 Å². The van der Waals surface area contributed by atoms with Crippen LogP contribution in [0.1, 0.15) is 95.5 Å². The van der Waals surface area contributed by atoms with Crippen molar-refractivity contribution in [1.29, 1.82) is 0 Å². The van der Waals surface area contributed by atoms with E-state index in [2.05, 4.69) is 19.1 Å². The van der Waals surface area contributed by atoms with E-state index in [1.165, 1.54) is 76.3 Å². The van der Waals surface area contributed by atoms with Gasteiger partial charge in [-0.15, -0.1) is 0 Å². The summed E-state index contributed by atoms with van der Waals surface area (Å²) in [7, 11) is 0. The van der Waals surface area contributed by atoms with Gasteiger partial charge in [0.05, 0.1) is 0 Å². The normalized spacial score (nSPS) is 29.3. The van der Waals surface area contributed by atoms with Crippen molar-refractivity contribution in [3.63, 3.8) is 0 Å². The topological polar surface area (TPSA) is 0 Å². The van der Waals surface area contributed by atoms with E-state index in [9.17, 15) is 8.78 Å². The molecule has 0 spiro atoms. The maximum Gasteiger partial charge on any atom is 0.159 e. The number of unbranched alkanes of at least 4 members (excludes halogenated alkanes) is 3. The third-order valence-corrected chi connectivity index (χ3v) is 7.05. The van der Waals surface area contributed by atoms with Crippen LogP contribution in [0, 0.1) is 29.4 Å². The second-order valence-electron chi connectivity index (χ2n) is 8.88. The highest BCUT2D eigenvalue weighted by Crippen LogP contribution is 2.44. The molecule has 1 aromatic carbocycles. The summed E-state index contributed by atoms with van der Waals surface area (Å²) in [4.78, 5) is 0. The zero-order chi connectivity index (χ0) is 19.1. The van der Waals surface area contributed by atoms with E-state index in [1.54, 1.807) is 6.07 Å². The van der Waals surface area contributed by atoms with E-state index in [0.717, 1.165) is 36.2 Å². The van der Waals surface area contributed by atoms with Gasteiger partial charge in [0.2, 0.25) is 0 Å². The minimum absolute atomic E-state index is 0.416. The fourth-order valence-electron chi connectivity index (χ4n) is 5.30. The van der Waals surface area contributed by atoms with Gasteiger partial charge in [0, 0.05) is 0 Å². The molecular formula is C25H36F2. The molecule has 0 nitrogen and oxygen atoms in total. The molecule has 2 saturated carbocycles. The second kappa shape index (κ2) is 10.4. The van der Waals surface area contributed by atoms with E-state index < -0.39 is 11.6 Å². The summed E-state index contributed by atoms with van der Waals surface area (Å²) in [5.41, 5.74) is 0.990. The molecule has 0 heterocycles. The van der Waals surface area contributed by atoms with E-state index in [-0.39, 0.29) is 0 Å². The molecule has 0 amide bonds. The Morgan fingerprint density at radius 1 is 0.852 bits per heavy atom. The third kappa shape index (κ3) is 5.90. The molecule has 1 aromatic rings. The number of allylic oxidation sites excluding steroid dienone is 2. The number of rotatable bonds is 7. The Morgan fingerprint density at radius 3 is 2.15 bits per heavy atom. The molecule has 0 bridgehead atoms. The van der Waals surface area contributed by atoms with Gasteiger partial charge in [-0.05, 0) is 106 Å². The quantitative estimate of drug-likeness (QED) is 0.333. The molecule has 2 heteroatoms. The number of benzene rings is 1. The molecule has 0 radical (unpaired) electrons. The third-order valence-electron chi connectivity index (χ3n) is 7.05. The van der Waals surface area contributed by atoms with Crippen LogP contribution in [0.15, 0.2) is 30.4 Å². The van der Waals surface area contributed by atoms with Gasteiger partial charge < -0.3 is 0 Å². The molecule has 0 unspecified atom stereocenters. The first-order valence-corrected chi connectivity index (χ1v) is 11.3. The fraction of sp³-hybridized carbons (Fsp3) is 0.680. The summed E-state index contributed by atoms with van der Waals surface area (Å²) in [6, 6.07) is 4.48. The predicted molar refractivity (Wildman–Crippen MR) is 110 cm³/mol. The van der Waals surface area contributed by atoms with E-state index in [4.69, 9.17) is 0 Å². The first-order chi connectivity index (χ1) is 13.2. The summed E-state index contributed by atoms with van der Waals surface area (Å²) >= 11 is 0. The first kappa shape index (κ1) is 20.6. The van der Waals surface area contributed by atoms with Crippen LogP contribution >= 0.6 is 0 Å². The smallest absolute Gasteiger partial charge is 0.159 e. The maximum absolute atomic E-state index is 13.5. The van der Waals surface area contributed by atoms with Gasteiger partial charge in [0.25, 0.3) is 0 Å². The Balaban J connectivity index is 1.40. The molecule has 0 saturated heterocycles. The van der Waals surface area contributed by atoms with Crippen molar-refractivity contribution in [2.45, 2.75) is 89.9 Å². The standard InChI is InChI=1S/C25H36F2/c1-2-3-4-5-6-7-19-8-10-20(11-9-19)21-12-14-22(15-13-21)23-16-17-24(26)25(27)18-23/h6-7,16-22H,2-5,8-15H2,1H3.